The molecule has 0 heterocycles. The van der Waals surface area contributed by atoms with Crippen LogP contribution in [-0.4, -0.2) is 25.6 Å². The molecule has 0 saturated carbocycles. The fraction of sp³-hybridized carbons (Fsp3) is 0.562. The molecule has 0 aliphatic carbocycles. The Bertz CT molecular complexity index is 318. The molecule has 0 fully saturated rings. The molecular formula is C16H29N3. The van der Waals surface area contributed by atoms with E-state index in [-0.39, 0.29) is 0 Å². The summed E-state index contributed by atoms with van der Waals surface area (Å²) in [6.45, 7) is 20.3. The standard InChI is InChI=1S/C16H29N3/c1-13(2)7-10-17-16(18-11-8-14(3)4)19-12-9-15(5)6/h1,3,5,7-12H2,2,4,6H3,(H2,17,18,19). The SMILES string of the molecule is C=C(C)CCN=C(NCCC(=C)C)NCCC(=C)C. The van der Waals surface area contributed by atoms with Crippen LogP contribution < -0.4 is 10.6 Å². The Kier molecular flexibility index (Phi) is 9.59. The Labute approximate surface area is 118 Å². The van der Waals surface area contributed by atoms with Gasteiger partial charge in [0.1, 0.15) is 0 Å². The number of nitrogens with zero attached hydrogens (tertiary/aromatic N) is 1. The van der Waals surface area contributed by atoms with Gasteiger partial charge in [-0.25, -0.2) is 0 Å². The van der Waals surface area contributed by atoms with Crippen LogP contribution in [0.15, 0.2) is 41.4 Å². The first-order valence-electron chi connectivity index (χ1n) is 6.87. The third kappa shape index (κ3) is 12.7. The van der Waals surface area contributed by atoms with Crippen LogP contribution in [0.25, 0.3) is 0 Å². The summed E-state index contributed by atoms with van der Waals surface area (Å²) in [6, 6.07) is 0. The van der Waals surface area contributed by atoms with Crippen LogP contribution in [0.5, 0.6) is 0 Å². The Morgan fingerprint density at radius 3 is 1.58 bits per heavy atom. The van der Waals surface area contributed by atoms with E-state index in [9.17, 15) is 0 Å². The maximum atomic E-state index is 4.53. The van der Waals surface area contributed by atoms with Gasteiger partial charge in [-0.3, -0.25) is 4.99 Å². The van der Waals surface area contributed by atoms with Crippen molar-refractivity contribution in [2.45, 2.75) is 40.0 Å². The van der Waals surface area contributed by atoms with Crippen molar-refractivity contribution in [2.24, 2.45) is 4.99 Å². The Balaban J connectivity index is 4.16. The number of rotatable bonds is 9. The molecule has 0 saturated heterocycles. The summed E-state index contributed by atoms with van der Waals surface area (Å²) in [4.78, 5) is 4.53. The number of nitrogens with one attached hydrogen (secondary N) is 2. The van der Waals surface area contributed by atoms with Crippen molar-refractivity contribution in [1.29, 1.82) is 0 Å². The first-order chi connectivity index (χ1) is 8.91. The van der Waals surface area contributed by atoms with E-state index in [1.54, 1.807) is 0 Å². The second-order valence-electron chi connectivity index (χ2n) is 5.21. The summed E-state index contributed by atoms with van der Waals surface area (Å²) in [7, 11) is 0. The van der Waals surface area contributed by atoms with Gasteiger partial charge in [0.15, 0.2) is 5.96 Å². The molecule has 2 N–H and O–H groups in total. The Morgan fingerprint density at radius 1 is 0.789 bits per heavy atom. The van der Waals surface area contributed by atoms with Crippen molar-refractivity contribution >= 4 is 5.96 Å². The van der Waals surface area contributed by atoms with E-state index in [2.05, 4.69) is 35.4 Å². The molecule has 0 rings (SSSR count). The van der Waals surface area contributed by atoms with E-state index in [4.69, 9.17) is 0 Å². The zero-order valence-corrected chi connectivity index (χ0v) is 12.8. The van der Waals surface area contributed by atoms with Crippen molar-refractivity contribution in [3.8, 4) is 0 Å². The lowest BCUT2D eigenvalue weighted by Crippen LogP contribution is -2.38. The molecule has 0 radical (unpaired) electrons. The van der Waals surface area contributed by atoms with Gasteiger partial charge in [-0.2, -0.15) is 0 Å². The lowest BCUT2D eigenvalue weighted by atomic mass is 10.2. The van der Waals surface area contributed by atoms with Gasteiger partial charge in [0.25, 0.3) is 0 Å². The van der Waals surface area contributed by atoms with Crippen LogP contribution in [-0.2, 0) is 0 Å². The molecule has 3 nitrogen and oxygen atoms in total. The largest absolute Gasteiger partial charge is 0.356 e. The lowest BCUT2D eigenvalue weighted by Gasteiger charge is -2.12. The van der Waals surface area contributed by atoms with Crippen molar-refractivity contribution in [3.05, 3.63) is 36.5 Å². The fourth-order valence-electron chi connectivity index (χ4n) is 1.32. The monoisotopic (exact) mass is 263 g/mol. The first kappa shape index (κ1) is 17.5. The fourth-order valence-corrected chi connectivity index (χ4v) is 1.32. The van der Waals surface area contributed by atoms with Gasteiger partial charge in [-0.05, 0) is 40.0 Å². The van der Waals surface area contributed by atoms with Crippen molar-refractivity contribution in [2.75, 3.05) is 19.6 Å². The van der Waals surface area contributed by atoms with Crippen molar-refractivity contribution in [1.82, 2.24) is 10.6 Å². The number of hydrogen-bond acceptors (Lipinski definition) is 1. The average molecular weight is 263 g/mol. The van der Waals surface area contributed by atoms with Crippen LogP contribution in [0, 0.1) is 0 Å². The second kappa shape index (κ2) is 10.4. The van der Waals surface area contributed by atoms with E-state index in [0.29, 0.717) is 0 Å². The van der Waals surface area contributed by atoms with Gasteiger partial charge in [0.2, 0.25) is 0 Å². The quantitative estimate of drug-likeness (QED) is 0.380. The van der Waals surface area contributed by atoms with Crippen molar-refractivity contribution < 1.29 is 0 Å². The van der Waals surface area contributed by atoms with Crippen molar-refractivity contribution in [3.63, 3.8) is 0 Å². The topological polar surface area (TPSA) is 36.4 Å². The molecule has 19 heavy (non-hydrogen) atoms. The minimum Gasteiger partial charge on any atom is -0.356 e. The van der Waals surface area contributed by atoms with Crippen LogP contribution >= 0.6 is 0 Å². The summed E-state index contributed by atoms with van der Waals surface area (Å²) in [5.74, 6) is 0.865. The van der Waals surface area contributed by atoms with E-state index in [0.717, 1.165) is 50.4 Å². The van der Waals surface area contributed by atoms with Gasteiger partial charge in [-0.1, -0.05) is 16.7 Å². The van der Waals surface area contributed by atoms with Crippen LogP contribution in [0.1, 0.15) is 40.0 Å². The van der Waals surface area contributed by atoms with Crippen LogP contribution in [0.4, 0.5) is 0 Å². The Morgan fingerprint density at radius 2 is 1.21 bits per heavy atom. The highest BCUT2D eigenvalue weighted by molar-refractivity contribution is 5.79. The maximum Gasteiger partial charge on any atom is 0.191 e. The molecule has 0 bridgehead atoms. The van der Waals surface area contributed by atoms with Gasteiger partial charge in [0, 0.05) is 19.6 Å². The molecule has 0 amide bonds. The van der Waals surface area contributed by atoms with Gasteiger partial charge in [0.05, 0.1) is 0 Å². The molecule has 0 aromatic heterocycles. The highest BCUT2D eigenvalue weighted by Crippen LogP contribution is 1.96. The zero-order chi connectivity index (χ0) is 14.7. The van der Waals surface area contributed by atoms with Gasteiger partial charge >= 0.3 is 0 Å². The molecule has 0 aliphatic heterocycles. The van der Waals surface area contributed by atoms with E-state index in [1.165, 1.54) is 11.1 Å². The molecule has 0 aromatic rings. The molecular weight excluding hydrogens is 234 g/mol. The van der Waals surface area contributed by atoms with Crippen LogP contribution in [0.2, 0.25) is 0 Å². The normalized spacial score (nSPS) is 9.63. The zero-order valence-electron chi connectivity index (χ0n) is 12.8. The number of guanidine groups is 1. The number of hydrogen-bond donors (Lipinski definition) is 2. The molecule has 0 atom stereocenters. The molecule has 108 valence electrons. The molecule has 0 aromatic carbocycles. The summed E-state index contributed by atoms with van der Waals surface area (Å²) in [5.41, 5.74) is 3.51. The van der Waals surface area contributed by atoms with Gasteiger partial charge < -0.3 is 10.6 Å². The summed E-state index contributed by atoms with van der Waals surface area (Å²) < 4.78 is 0. The third-order valence-corrected chi connectivity index (χ3v) is 2.50. The smallest absolute Gasteiger partial charge is 0.191 e. The predicted octanol–water partition coefficient (Wildman–Crippen LogP) is 3.42. The molecule has 0 spiro atoms. The third-order valence-electron chi connectivity index (χ3n) is 2.50. The Hall–Kier alpha value is -1.51. The summed E-state index contributed by atoms with van der Waals surface area (Å²) >= 11 is 0. The summed E-state index contributed by atoms with van der Waals surface area (Å²) in [5, 5.41) is 6.63. The van der Waals surface area contributed by atoms with Crippen LogP contribution in [0.3, 0.4) is 0 Å². The predicted molar refractivity (Wildman–Crippen MR) is 86.6 cm³/mol. The first-order valence-corrected chi connectivity index (χ1v) is 6.87. The van der Waals surface area contributed by atoms with Gasteiger partial charge in [-0.15, -0.1) is 19.7 Å². The lowest BCUT2D eigenvalue weighted by molar-refractivity contribution is 0.769. The molecule has 0 unspecified atom stereocenters. The molecule has 3 heteroatoms. The average Bonchev–Trinajstić information content (AvgIpc) is 2.26. The molecule has 0 aliphatic rings. The number of aliphatic imine (C=N–C) groups is 1. The highest BCUT2D eigenvalue weighted by atomic mass is 15.2. The maximum absolute atomic E-state index is 4.53. The van der Waals surface area contributed by atoms with E-state index in [1.807, 2.05) is 20.8 Å². The van der Waals surface area contributed by atoms with E-state index < -0.39 is 0 Å². The highest BCUT2D eigenvalue weighted by Gasteiger charge is 1.98. The summed E-state index contributed by atoms with van der Waals surface area (Å²) in [6.07, 6.45) is 2.84. The minimum absolute atomic E-state index is 0.769. The van der Waals surface area contributed by atoms with E-state index >= 15 is 0 Å². The second-order valence-corrected chi connectivity index (χ2v) is 5.21. The minimum atomic E-state index is 0.769.